The van der Waals surface area contributed by atoms with Crippen LogP contribution < -0.4 is 0 Å². The highest BCUT2D eigenvalue weighted by Gasteiger charge is 2.21. The fourth-order valence-corrected chi connectivity index (χ4v) is 6.38. The Morgan fingerprint density at radius 2 is 0.925 bits per heavy atom. The molecule has 0 radical (unpaired) electrons. The smallest absolute Gasteiger partial charge is 0.0708 e. The standard InChI is InChI=1S/C39H25N/c1-2-13-26(14-3-1)28-18-6-7-19-30(28)37-32-20-8-9-21-33(32)38(31-23-12-16-27-15-4-5-17-29(27)31)39-34-22-10-11-24-36(34)40-25-35(37)39/h1-25H. The first-order chi connectivity index (χ1) is 19.9. The summed E-state index contributed by atoms with van der Waals surface area (Å²) in [5, 5.41) is 8.58. The minimum atomic E-state index is 1.01. The molecule has 0 unspecified atom stereocenters. The van der Waals surface area contributed by atoms with Crippen LogP contribution in [-0.4, -0.2) is 4.98 Å². The molecule has 1 aromatic heterocycles. The van der Waals surface area contributed by atoms with Crippen molar-refractivity contribution < 1.29 is 0 Å². The van der Waals surface area contributed by atoms with Crippen molar-refractivity contribution in [1.82, 2.24) is 4.98 Å². The number of nitrogens with zero attached hydrogens (tertiary/aromatic N) is 1. The minimum Gasteiger partial charge on any atom is -0.256 e. The number of aromatic nitrogens is 1. The maximum Gasteiger partial charge on any atom is 0.0708 e. The molecule has 8 aromatic rings. The lowest BCUT2D eigenvalue weighted by Gasteiger charge is -2.21. The second kappa shape index (κ2) is 9.18. The number of fused-ring (bicyclic) bond motifs is 5. The van der Waals surface area contributed by atoms with Crippen molar-refractivity contribution in [3.8, 4) is 33.4 Å². The fourth-order valence-electron chi connectivity index (χ4n) is 6.38. The van der Waals surface area contributed by atoms with Crippen molar-refractivity contribution in [2.24, 2.45) is 0 Å². The van der Waals surface area contributed by atoms with E-state index >= 15 is 0 Å². The Morgan fingerprint density at radius 1 is 0.350 bits per heavy atom. The Kier molecular flexibility index (Phi) is 5.21. The van der Waals surface area contributed by atoms with Gasteiger partial charge in [-0.2, -0.15) is 0 Å². The molecule has 0 saturated carbocycles. The number of rotatable bonds is 3. The first-order valence-corrected chi connectivity index (χ1v) is 13.7. The SMILES string of the molecule is c1ccc(-c2ccccc2-c2c3ccccc3c(-c3cccc4ccccc34)c3c2cnc2ccccc23)cc1. The Morgan fingerprint density at radius 3 is 1.75 bits per heavy atom. The van der Waals surface area contributed by atoms with E-state index in [1.165, 1.54) is 71.1 Å². The molecule has 0 N–H and O–H groups in total. The Balaban J connectivity index is 1.62. The van der Waals surface area contributed by atoms with Gasteiger partial charge >= 0.3 is 0 Å². The van der Waals surface area contributed by atoms with Gasteiger partial charge in [-0.1, -0.05) is 140 Å². The summed E-state index contributed by atoms with van der Waals surface area (Å²) in [4.78, 5) is 5.00. The molecule has 1 heteroatoms. The summed E-state index contributed by atoms with van der Waals surface area (Å²) in [5.41, 5.74) is 8.40. The van der Waals surface area contributed by atoms with Crippen LogP contribution in [0.25, 0.3) is 76.6 Å². The lowest BCUT2D eigenvalue weighted by Crippen LogP contribution is -1.95. The predicted molar refractivity (Wildman–Crippen MR) is 171 cm³/mol. The number of hydrogen-bond acceptors (Lipinski definition) is 1. The van der Waals surface area contributed by atoms with Crippen molar-refractivity contribution in [1.29, 1.82) is 0 Å². The third-order valence-corrected chi connectivity index (χ3v) is 8.10. The zero-order valence-corrected chi connectivity index (χ0v) is 21.9. The van der Waals surface area contributed by atoms with Crippen molar-refractivity contribution in [2.75, 3.05) is 0 Å². The number of hydrogen-bond donors (Lipinski definition) is 0. The number of para-hydroxylation sites is 1. The lowest BCUT2D eigenvalue weighted by molar-refractivity contribution is 1.45. The van der Waals surface area contributed by atoms with Gasteiger partial charge < -0.3 is 0 Å². The number of pyridine rings is 1. The summed E-state index contributed by atoms with van der Waals surface area (Å²) >= 11 is 0. The molecule has 0 spiro atoms. The molecule has 1 heterocycles. The van der Waals surface area contributed by atoms with E-state index in [-0.39, 0.29) is 0 Å². The molecular formula is C39H25N. The summed E-state index contributed by atoms with van der Waals surface area (Å²) in [5.74, 6) is 0. The van der Waals surface area contributed by atoms with Crippen LogP contribution in [0, 0.1) is 0 Å². The normalized spacial score (nSPS) is 11.5. The average molecular weight is 508 g/mol. The monoisotopic (exact) mass is 507 g/mol. The van der Waals surface area contributed by atoms with Gasteiger partial charge in [-0.15, -0.1) is 0 Å². The summed E-state index contributed by atoms with van der Waals surface area (Å²) < 4.78 is 0. The quantitative estimate of drug-likeness (QED) is 0.171. The highest BCUT2D eigenvalue weighted by atomic mass is 14.7. The van der Waals surface area contributed by atoms with Crippen molar-refractivity contribution in [2.45, 2.75) is 0 Å². The van der Waals surface area contributed by atoms with Gasteiger partial charge in [0.25, 0.3) is 0 Å². The van der Waals surface area contributed by atoms with Crippen molar-refractivity contribution >= 4 is 43.2 Å². The predicted octanol–water partition coefficient (Wildman–Crippen LogP) is 10.7. The third-order valence-electron chi connectivity index (χ3n) is 8.10. The van der Waals surface area contributed by atoms with Crippen LogP contribution in [0.15, 0.2) is 152 Å². The lowest BCUT2D eigenvalue weighted by atomic mass is 9.82. The third kappa shape index (κ3) is 3.45. The van der Waals surface area contributed by atoms with Gasteiger partial charge in [-0.25, -0.2) is 0 Å². The van der Waals surface area contributed by atoms with Gasteiger partial charge in [-0.05, 0) is 61.0 Å². The van der Waals surface area contributed by atoms with E-state index in [4.69, 9.17) is 4.98 Å². The maximum atomic E-state index is 5.00. The molecule has 0 fully saturated rings. The average Bonchev–Trinajstić information content (AvgIpc) is 3.04. The molecule has 8 rings (SSSR count). The molecule has 0 aliphatic heterocycles. The highest BCUT2D eigenvalue weighted by Crippen LogP contribution is 2.48. The molecule has 0 aliphatic carbocycles. The Labute approximate surface area is 233 Å². The van der Waals surface area contributed by atoms with Gasteiger partial charge in [-0.3, -0.25) is 4.98 Å². The maximum absolute atomic E-state index is 5.00. The van der Waals surface area contributed by atoms with Crippen LogP contribution in [0.5, 0.6) is 0 Å². The minimum absolute atomic E-state index is 1.01. The zero-order chi connectivity index (χ0) is 26.5. The van der Waals surface area contributed by atoms with E-state index < -0.39 is 0 Å². The molecule has 0 aliphatic rings. The molecule has 186 valence electrons. The Hall–Kier alpha value is -5.27. The van der Waals surface area contributed by atoms with Gasteiger partial charge in [0.2, 0.25) is 0 Å². The van der Waals surface area contributed by atoms with Crippen LogP contribution in [0.4, 0.5) is 0 Å². The molecule has 1 nitrogen and oxygen atoms in total. The Bertz CT molecular complexity index is 2200. The van der Waals surface area contributed by atoms with Crippen LogP contribution in [0.2, 0.25) is 0 Å². The summed E-state index contributed by atoms with van der Waals surface area (Å²) in [6.07, 6.45) is 2.09. The van der Waals surface area contributed by atoms with Crippen LogP contribution in [0.3, 0.4) is 0 Å². The molecule has 7 aromatic carbocycles. The van der Waals surface area contributed by atoms with E-state index in [0.29, 0.717) is 0 Å². The van der Waals surface area contributed by atoms with Crippen LogP contribution in [0.1, 0.15) is 0 Å². The van der Waals surface area contributed by atoms with Gasteiger partial charge in [0.1, 0.15) is 0 Å². The van der Waals surface area contributed by atoms with Gasteiger partial charge in [0.05, 0.1) is 5.52 Å². The molecule has 0 atom stereocenters. The summed E-state index contributed by atoms with van der Waals surface area (Å²) in [6, 6.07) is 52.3. The molecule has 0 amide bonds. The molecule has 0 saturated heterocycles. The molecule has 0 bridgehead atoms. The van der Waals surface area contributed by atoms with E-state index in [1.807, 2.05) is 0 Å². The fraction of sp³-hybridized carbons (Fsp3) is 0. The second-order valence-corrected chi connectivity index (χ2v) is 10.3. The van der Waals surface area contributed by atoms with Gasteiger partial charge in [0, 0.05) is 22.4 Å². The molecular weight excluding hydrogens is 482 g/mol. The second-order valence-electron chi connectivity index (χ2n) is 10.3. The topological polar surface area (TPSA) is 12.9 Å². The largest absolute Gasteiger partial charge is 0.256 e. The molecule has 40 heavy (non-hydrogen) atoms. The van der Waals surface area contributed by atoms with Crippen LogP contribution >= 0.6 is 0 Å². The van der Waals surface area contributed by atoms with E-state index in [0.717, 1.165) is 5.52 Å². The highest BCUT2D eigenvalue weighted by molar-refractivity contribution is 6.29. The first kappa shape index (κ1) is 22.7. The van der Waals surface area contributed by atoms with Crippen molar-refractivity contribution in [3.63, 3.8) is 0 Å². The summed E-state index contributed by atoms with van der Waals surface area (Å²) in [6.45, 7) is 0. The van der Waals surface area contributed by atoms with Crippen molar-refractivity contribution in [3.05, 3.63) is 152 Å². The first-order valence-electron chi connectivity index (χ1n) is 13.7. The van der Waals surface area contributed by atoms with Crippen LogP contribution in [-0.2, 0) is 0 Å². The zero-order valence-electron chi connectivity index (χ0n) is 21.9. The van der Waals surface area contributed by atoms with E-state index in [1.54, 1.807) is 0 Å². The number of benzene rings is 7. The van der Waals surface area contributed by atoms with E-state index in [2.05, 4.69) is 152 Å². The van der Waals surface area contributed by atoms with Gasteiger partial charge in [0.15, 0.2) is 0 Å². The van der Waals surface area contributed by atoms with E-state index in [9.17, 15) is 0 Å². The summed E-state index contributed by atoms with van der Waals surface area (Å²) in [7, 11) is 0.